The van der Waals surface area contributed by atoms with Gasteiger partial charge in [0.25, 0.3) is 0 Å². The summed E-state index contributed by atoms with van der Waals surface area (Å²) in [6.45, 7) is 8.15. The van der Waals surface area contributed by atoms with E-state index in [2.05, 4.69) is 50.4 Å². The van der Waals surface area contributed by atoms with Crippen molar-refractivity contribution < 1.29 is 4.79 Å². The van der Waals surface area contributed by atoms with Crippen LogP contribution < -0.4 is 5.32 Å². The van der Waals surface area contributed by atoms with Crippen molar-refractivity contribution >= 4 is 11.5 Å². The molecular weight excluding hydrogens is 222 g/mol. The Labute approximate surface area is 111 Å². The molecule has 2 nitrogen and oxygen atoms in total. The SMILES string of the molecule is CCC(c1ccc(NC)cc1)C(C(C)=O)C(C)C. The van der Waals surface area contributed by atoms with Gasteiger partial charge < -0.3 is 5.32 Å². The van der Waals surface area contributed by atoms with Crippen LogP contribution in [0.25, 0.3) is 0 Å². The zero-order valence-electron chi connectivity index (χ0n) is 12.2. The molecule has 1 N–H and O–H groups in total. The number of benzene rings is 1. The maximum Gasteiger partial charge on any atom is 0.133 e. The van der Waals surface area contributed by atoms with Gasteiger partial charge in [0.2, 0.25) is 0 Å². The first-order valence-corrected chi connectivity index (χ1v) is 6.79. The van der Waals surface area contributed by atoms with Crippen LogP contribution in [0.4, 0.5) is 5.69 Å². The number of Topliss-reactive ketones (excluding diaryl/α,β-unsaturated/α-hetero) is 1. The molecule has 0 aliphatic rings. The third-order valence-corrected chi connectivity index (χ3v) is 3.69. The van der Waals surface area contributed by atoms with Gasteiger partial charge in [-0.3, -0.25) is 4.79 Å². The second-order valence-electron chi connectivity index (χ2n) is 5.27. The van der Waals surface area contributed by atoms with Crippen LogP contribution in [0.15, 0.2) is 24.3 Å². The highest BCUT2D eigenvalue weighted by Gasteiger charge is 2.28. The molecular formula is C16H25NO. The number of rotatable bonds is 6. The fraction of sp³-hybridized carbons (Fsp3) is 0.562. The molecule has 1 aromatic rings. The monoisotopic (exact) mass is 247 g/mol. The molecule has 0 radical (unpaired) electrons. The molecule has 100 valence electrons. The molecule has 0 amide bonds. The first-order chi connectivity index (χ1) is 8.51. The van der Waals surface area contributed by atoms with Crippen molar-refractivity contribution in [2.45, 2.75) is 40.0 Å². The Morgan fingerprint density at radius 3 is 2.11 bits per heavy atom. The van der Waals surface area contributed by atoms with E-state index in [0.717, 1.165) is 12.1 Å². The lowest BCUT2D eigenvalue weighted by Gasteiger charge is -2.28. The van der Waals surface area contributed by atoms with Crippen molar-refractivity contribution in [3.05, 3.63) is 29.8 Å². The lowest BCUT2D eigenvalue weighted by atomic mass is 9.76. The first-order valence-electron chi connectivity index (χ1n) is 6.79. The Morgan fingerprint density at radius 2 is 1.78 bits per heavy atom. The van der Waals surface area contributed by atoms with E-state index in [0.29, 0.717) is 17.6 Å². The normalized spacial score (nSPS) is 14.3. The van der Waals surface area contributed by atoms with Crippen LogP contribution in [0.3, 0.4) is 0 Å². The maximum atomic E-state index is 11.9. The Kier molecular flexibility index (Phi) is 5.39. The Bertz CT molecular complexity index is 381. The number of hydrogen-bond acceptors (Lipinski definition) is 2. The minimum absolute atomic E-state index is 0.121. The summed E-state index contributed by atoms with van der Waals surface area (Å²) in [6, 6.07) is 8.43. The van der Waals surface area contributed by atoms with Gasteiger partial charge in [0.1, 0.15) is 5.78 Å². The highest BCUT2D eigenvalue weighted by molar-refractivity contribution is 5.79. The molecule has 0 saturated carbocycles. The van der Waals surface area contributed by atoms with E-state index in [1.54, 1.807) is 6.92 Å². The zero-order valence-corrected chi connectivity index (χ0v) is 12.2. The molecule has 18 heavy (non-hydrogen) atoms. The van der Waals surface area contributed by atoms with Crippen molar-refractivity contribution in [2.75, 3.05) is 12.4 Å². The number of nitrogens with one attached hydrogen (secondary N) is 1. The van der Waals surface area contributed by atoms with Gasteiger partial charge in [-0.15, -0.1) is 0 Å². The quantitative estimate of drug-likeness (QED) is 0.820. The maximum absolute atomic E-state index is 11.9. The molecule has 0 aromatic heterocycles. The largest absolute Gasteiger partial charge is 0.388 e. The number of anilines is 1. The second-order valence-corrected chi connectivity index (χ2v) is 5.27. The molecule has 2 heteroatoms. The number of carbonyl (C=O) groups excluding carboxylic acids is 1. The summed E-state index contributed by atoms with van der Waals surface area (Å²) < 4.78 is 0. The molecule has 0 aliphatic carbocycles. The van der Waals surface area contributed by atoms with Gasteiger partial charge in [-0.1, -0.05) is 32.9 Å². The Hall–Kier alpha value is -1.31. The van der Waals surface area contributed by atoms with Crippen molar-refractivity contribution in [2.24, 2.45) is 11.8 Å². The minimum Gasteiger partial charge on any atom is -0.388 e. The molecule has 0 spiro atoms. The molecule has 0 aliphatic heterocycles. The van der Waals surface area contributed by atoms with Crippen molar-refractivity contribution in [3.63, 3.8) is 0 Å². The van der Waals surface area contributed by atoms with Crippen LogP contribution in [0.5, 0.6) is 0 Å². The van der Waals surface area contributed by atoms with E-state index in [4.69, 9.17) is 0 Å². The van der Waals surface area contributed by atoms with E-state index in [1.165, 1.54) is 5.56 Å². The van der Waals surface area contributed by atoms with E-state index in [9.17, 15) is 4.79 Å². The van der Waals surface area contributed by atoms with Gasteiger partial charge in [-0.2, -0.15) is 0 Å². The highest BCUT2D eigenvalue weighted by atomic mass is 16.1. The van der Waals surface area contributed by atoms with Crippen LogP contribution in [-0.4, -0.2) is 12.8 Å². The topological polar surface area (TPSA) is 29.1 Å². The van der Waals surface area contributed by atoms with E-state index < -0.39 is 0 Å². The predicted octanol–water partition coefficient (Wildman–Crippen LogP) is 4.08. The first kappa shape index (κ1) is 14.7. The zero-order chi connectivity index (χ0) is 13.7. The van der Waals surface area contributed by atoms with E-state index in [-0.39, 0.29) is 5.92 Å². The van der Waals surface area contributed by atoms with Crippen molar-refractivity contribution in [1.29, 1.82) is 0 Å². The molecule has 2 unspecified atom stereocenters. The number of carbonyl (C=O) groups is 1. The van der Waals surface area contributed by atoms with Crippen LogP contribution in [0, 0.1) is 11.8 Å². The fourth-order valence-electron chi connectivity index (χ4n) is 2.81. The van der Waals surface area contributed by atoms with Crippen LogP contribution in [0.2, 0.25) is 0 Å². The Morgan fingerprint density at radius 1 is 1.22 bits per heavy atom. The van der Waals surface area contributed by atoms with Gasteiger partial charge in [0.05, 0.1) is 0 Å². The minimum atomic E-state index is 0.121. The summed E-state index contributed by atoms with van der Waals surface area (Å²) in [7, 11) is 1.92. The van der Waals surface area contributed by atoms with Crippen LogP contribution >= 0.6 is 0 Å². The third kappa shape index (κ3) is 3.34. The highest BCUT2D eigenvalue weighted by Crippen LogP contribution is 2.34. The molecule has 0 heterocycles. The molecule has 1 aromatic carbocycles. The molecule has 2 atom stereocenters. The summed E-state index contributed by atoms with van der Waals surface area (Å²) in [5, 5.41) is 3.12. The van der Waals surface area contributed by atoms with Gasteiger partial charge in [0, 0.05) is 18.7 Å². The van der Waals surface area contributed by atoms with Crippen LogP contribution in [0.1, 0.15) is 45.6 Å². The predicted molar refractivity (Wildman–Crippen MR) is 78.0 cm³/mol. The van der Waals surface area contributed by atoms with Crippen molar-refractivity contribution in [3.8, 4) is 0 Å². The summed E-state index contributed by atoms with van der Waals surface area (Å²) >= 11 is 0. The molecule has 1 rings (SSSR count). The molecule has 0 bridgehead atoms. The Balaban J connectivity index is 3.03. The number of ketones is 1. The average Bonchev–Trinajstić information content (AvgIpc) is 2.35. The summed E-state index contributed by atoms with van der Waals surface area (Å²) in [4.78, 5) is 11.9. The third-order valence-electron chi connectivity index (χ3n) is 3.69. The van der Waals surface area contributed by atoms with Gasteiger partial charge in [0.15, 0.2) is 0 Å². The summed E-state index contributed by atoms with van der Waals surface area (Å²) in [6.07, 6.45) is 1.00. The number of hydrogen-bond donors (Lipinski definition) is 1. The summed E-state index contributed by atoms with van der Waals surface area (Å²) in [5.41, 5.74) is 2.38. The van der Waals surface area contributed by atoms with E-state index >= 15 is 0 Å². The average molecular weight is 247 g/mol. The lowest BCUT2D eigenvalue weighted by Crippen LogP contribution is -2.25. The molecule has 0 fully saturated rings. The fourth-order valence-corrected chi connectivity index (χ4v) is 2.81. The summed E-state index contributed by atoms with van der Waals surface area (Å²) in [5.74, 6) is 1.13. The molecule has 0 saturated heterocycles. The van der Waals surface area contributed by atoms with E-state index in [1.807, 2.05) is 7.05 Å². The standard InChI is InChI=1S/C16H25NO/c1-6-15(16(11(2)3)12(4)18)13-7-9-14(17-5)10-8-13/h7-11,15-17H,6H2,1-5H3. The van der Waals surface area contributed by atoms with Crippen molar-refractivity contribution in [1.82, 2.24) is 0 Å². The smallest absolute Gasteiger partial charge is 0.133 e. The van der Waals surface area contributed by atoms with Gasteiger partial charge >= 0.3 is 0 Å². The van der Waals surface area contributed by atoms with Gasteiger partial charge in [-0.25, -0.2) is 0 Å². The lowest BCUT2D eigenvalue weighted by molar-refractivity contribution is -0.122. The van der Waals surface area contributed by atoms with Gasteiger partial charge in [-0.05, 0) is 42.9 Å². The van der Waals surface area contributed by atoms with Crippen LogP contribution in [-0.2, 0) is 4.79 Å². The second kappa shape index (κ2) is 6.58.